The molecule has 3 N–H and O–H groups in total. The second-order valence-electron chi connectivity index (χ2n) is 5.14. The van der Waals surface area contributed by atoms with Crippen molar-refractivity contribution in [2.45, 2.75) is 33.1 Å². The summed E-state index contributed by atoms with van der Waals surface area (Å²) in [6, 6.07) is 6.34. The minimum absolute atomic E-state index is 0.152. The fourth-order valence-corrected chi connectivity index (χ4v) is 2.06. The minimum Gasteiger partial charge on any atom is -0.385 e. The van der Waals surface area contributed by atoms with Gasteiger partial charge in [-0.05, 0) is 29.5 Å². The molecule has 0 spiro atoms. The van der Waals surface area contributed by atoms with Gasteiger partial charge >= 0.3 is 0 Å². The van der Waals surface area contributed by atoms with Gasteiger partial charge in [-0.1, -0.05) is 32.9 Å². The van der Waals surface area contributed by atoms with E-state index in [0.717, 1.165) is 16.9 Å². The summed E-state index contributed by atoms with van der Waals surface area (Å²) in [6.45, 7) is 8.75. The van der Waals surface area contributed by atoms with Crippen molar-refractivity contribution in [2.75, 3.05) is 5.73 Å². The minimum atomic E-state index is 0.152. The van der Waals surface area contributed by atoms with E-state index < -0.39 is 0 Å². The number of hydrogen-bond donors (Lipinski definition) is 2. The van der Waals surface area contributed by atoms with Gasteiger partial charge in [-0.25, -0.2) is 0 Å². The summed E-state index contributed by atoms with van der Waals surface area (Å²) in [4.78, 5) is 3.22. The SMILES string of the molecule is Cc1c(N)[nH]c2cccc(C(C)(C)C)c12. The van der Waals surface area contributed by atoms with E-state index in [9.17, 15) is 0 Å². The first-order valence-corrected chi connectivity index (χ1v) is 5.28. The van der Waals surface area contributed by atoms with Crippen molar-refractivity contribution >= 4 is 16.7 Å². The average molecular weight is 202 g/mol. The van der Waals surface area contributed by atoms with Gasteiger partial charge < -0.3 is 10.7 Å². The molecule has 0 aliphatic rings. The standard InChI is InChI=1S/C13H18N2/c1-8-11-9(13(2,3)4)6-5-7-10(11)15-12(8)14/h5-7,15H,14H2,1-4H3. The second-order valence-corrected chi connectivity index (χ2v) is 5.14. The molecule has 0 bridgehead atoms. The van der Waals surface area contributed by atoms with Crippen LogP contribution in [0.1, 0.15) is 31.9 Å². The van der Waals surface area contributed by atoms with Gasteiger partial charge in [0, 0.05) is 10.9 Å². The lowest BCUT2D eigenvalue weighted by Gasteiger charge is -2.20. The first-order chi connectivity index (χ1) is 6.91. The van der Waals surface area contributed by atoms with Crippen LogP contribution in [0.4, 0.5) is 5.82 Å². The highest BCUT2D eigenvalue weighted by Gasteiger charge is 2.19. The predicted octanol–water partition coefficient (Wildman–Crippen LogP) is 3.36. The fraction of sp³-hybridized carbons (Fsp3) is 0.385. The smallest absolute Gasteiger partial charge is 0.104 e. The monoisotopic (exact) mass is 202 g/mol. The number of hydrogen-bond acceptors (Lipinski definition) is 1. The Kier molecular flexibility index (Phi) is 2.03. The summed E-state index contributed by atoms with van der Waals surface area (Å²) < 4.78 is 0. The maximum Gasteiger partial charge on any atom is 0.104 e. The van der Waals surface area contributed by atoms with Crippen LogP contribution in [0.25, 0.3) is 10.9 Å². The van der Waals surface area contributed by atoms with Crippen molar-refractivity contribution in [3.05, 3.63) is 29.3 Å². The number of anilines is 1. The van der Waals surface area contributed by atoms with Crippen LogP contribution in [-0.2, 0) is 5.41 Å². The maximum absolute atomic E-state index is 5.91. The van der Waals surface area contributed by atoms with Crippen molar-refractivity contribution in [1.29, 1.82) is 0 Å². The lowest BCUT2D eigenvalue weighted by atomic mass is 9.84. The lowest BCUT2D eigenvalue weighted by molar-refractivity contribution is 0.596. The quantitative estimate of drug-likeness (QED) is 0.675. The van der Waals surface area contributed by atoms with Crippen LogP contribution in [0.15, 0.2) is 18.2 Å². The van der Waals surface area contributed by atoms with E-state index in [1.165, 1.54) is 10.9 Å². The van der Waals surface area contributed by atoms with Crippen molar-refractivity contribution in [3.63, 3.8) is 0 Å². The molecule has 2 nitrogen and oxygen atoms in total. The Labute approximate surface area is 90.5 Å². The zero-order valence-corrected chi connectivity index (χ0v) is 9.81. The Morgan fingerprint density at radius 3 is 2.47 bits per heavy atom. The number of nitrogens with two attached hydrogens (primary N) is 1. The average Bonchev–Trinajstić information content (AvgIpc) is 2.41. The molecule has 1 heterocycles. The fourth-order valence-electron chi connectivity index (χ4n) is 2.06. The molecule has 0 aliphatic heterocycles. The highest BCUT2D eigenvalue weighted by atomic mass is 14.8. The van der Waals surface area contributed by atoms with E-state index in [1.807, 2.05) is 0 Å². The highest BCUT2D eigenvalue weighted by molar-refractivity contribution is 5.91. The molecule has 2 rings (SSSR count). The third-order valence-electron chi connectivity index (χ3n) is 2.92. The third-order valence-corrected chi connectivity index (χ3v) is 2.92. The number of aryl methyl sites for hydroxylation is 1. The van der Waals surface area contributed by atoms with Crippen LogP contribution in [0.2, 0.25) is 0 Å². The van der Waals surface area contributed by atoms with Crippen LogP contribution < -0.4 is 5.73 Å². The number of rotatable bonds is 0. The number of aromatic nitrogens is 1. The normalized spacial score (nSPS) is 12.3. The first kappa shape index (κ1) is 10.1. The highest BCUT2D eigenvalue weighted by Crippen LogP contribution is 2.33. The van der Waals surface area contributed by atoms with Gasteiger partial charge in [0.1, 0.15) is 5.82 Å². The topological polar surface area (TPSA) is 41.8 Å². The van der Waals surface area contributed by atoms with Crippen molar-refractivity contribution < 1.29 is 0 Å². The van der Waals surface area contributed by atoms with E-state index in [4.69, 9.17) is 5.73 Å². The predicted molar refractivity (Wildman–Crippen MR) is 66.1 cm³/mol. The Hall–Kier alpha value is -1.44. The molecule has 0 saturated carbocycles. The molecule has 0 aliphatic carbocycles. The molecule has 80 valence electrons. The number of aromatic amines is 1. The van der Waals surface area contributed by atoms with Crippen LogP contribution >= 0.6 is 0 Å². The van der Waals surface area contributed by atoms with Gasteiger partial charge in [-0.15, -0.1) is 0 Å². The summed E-state index contributed by atoms with van der Waals surface area (Å²) >= 11 is 0. The van der Waals surface area contributed by atoms with Crippen LogP contribution in [0, 0.1) is 6.92 Å². The van der Waals surface area contributed by atoms with Gasteiger partial charge in [0.05, 0.1) is 0 Å². The molecule has 2 aromatic rings. The molecule has 0 fully saturated rings. The first-order valence-electron chi connectivity index (χ1n) is 5.28. The van der Waals surface area contributed by atoms with E-state index in [-0.39, 0.29) is 5.41 Å². The number of benzene rings is 1. The zero-order chi connectivity index (χ0) is 11.2. The maximum atomic E-state index is 5.91. The number of nitrogens with one attached hydrogen (secondary N) is 1. The van der Waals surface area contributed by atoms with Crippen LogP contribution in [0.5, 0.6) is 0 Å². The molecule has 0 radical (unpaired) electrons. The van der Waals surface area contributed by atoms with Crippen LogP contribution in [0.3, 0.4) is 0 Å². The van der Waals surface area contributed by atoms with Crippen molar-refractivity contribution in [3.8, 4) is 0 Å². The molecule has 0 amide bonds. The Bertz CT molecular complexity index is 501. The Balaban J connectivity index is 2.86. The molecule has 1 aromatic carbocycles. The van der Waals surface area contributed by atoms with Gasteiger partial charge in [0.2, 0.25) is 0 Å². The van der Waals surface area contributed by atoms with Crippen LogP contribution in [-0.4, -0.2) is 4.98 Å². The summed E-state index contributed by atoms with van der Waals surface area (Å²) in [7, 11) is 0. The zero-order valence-electron chi connectivity index (χ0n) is 9.81. The number of fused-ring (bicyclic) bond motifs is 1. The summed E-state index contributed by atoms with van der Waals surface area (Å²) in [6.07, 6.45) is 0. The van der Waals surface area contributed by atoms with Gasteiger partial charge in [-0.2, -0.15) is 0 Å². The number of H-pyrrole nitrogens is 1. The molecule has 15 heavy (non-hydrogen) atoms. The van der Waals surface area contributed by atoms with E-state index >= 15 is 0 Å². The number of nitrogen functional groups attached to an aromatic ring is 1. The largest absolute Gasteiger partial charge is 0.385 e. The lowest BCUT2D eigenvalue weighted by Crippen LogP contribution is -2.11. The summed E-state index contributed by atoms with van der Waals surface area (Å²) in [5, 5.41) is 1.28. The van der Waals surface area contributed by atoms with E-state index in [1.54, 1.807) is 0 Å². The van der Waals surface area contributed by atoms with Gasteiger partial charge in [-0.3, -0.25) is 0 Å². The molecular formula is C13H18N2. The second kappa shape index (κ2) is 3.02. The molecular weight excluding hydrogens is 184 g/mol. The molecule has 0 saturated heterocycles. The van der Waals surface area contributed by atoms with E-state index in [2.05, 4.69) is 50.9 Å². The molecule has 0 atom stereocenters. The van der Waals surface area contributed by atoms with Crippen molar-refractivity contribution in [1.82, 2.24) is 4.98 Å². The molecule has 2 heteroatoms. The Morgan fingerprint density at radius 1 is 1.20 bits per heavy atom. The van der Waals surface area contributed by atoms with E-state index in [0.29, 0.717) is 0 Å². The Morgan fingerprint density at radius 2 is 1.87 bits per heavy atom. The summed E-state index contributed by atoms with van der Waals surface area (Å²) in [5.74, 6) is 0.779. The van der Waals surface area contributed by atoms with Gasteiger partial charge in [0.15, 0.2) is 0 Å². The summed E-state index contributed by atoms with van der Waals surface area (Å²) in [5.41, 5.74) is 9.71. The van der Waals surface area contributed by atoms with Crippen molar-refractivity contribution in [2.24, 2.45) is 0 Å². The third kappa shape index (κ3) is 1.50. The molecule has 1 aromatic heterocycles. The van der Waals surface area contributed by atoms with Gasteiger partial charge in [0.25, 0.3) is 0 Å². The molecule has 0 unspecified atom stereocenters.